The smallest absolute Gasteiger partial charge is 0.319 e. The monoisotopic (exact) mass is 390 g/mol. The van der Waals surface area contributed by atoms with Gasteiger partial charge in [-0.15, -0.1) is 0 Å². The van der Waals surface area contributed by atoms with Crippen LogP contribution in [0.5, 0.6) is 0 Å². The number of carboxylic acid groups (broad SMARTS) is 1. The molecule has 1 rings (SSSR count). The molecule has 0 aromatic heterocycles. The molecule has 110 valence electrons. The Hall–Kier alpha value is -1.31. The van der Waals surface area contributed by atoms with Gasteiger partial charge in [0.05, 0.1) is 0 Å². The van der Waals surface area contributed by atoms with Gasteiger partial charge in [-0.3, -0.25) is 4.79 Å². The number of anilines is 1. The largest absolute Gasteiger partial charge is 0.481 e. The Morgan fingerprint density at radius 1 is 1.35 bits per heavy atom. The second-order valence-electron chi connectivity index (χ2n) is 5.32. The fourth-order valence-electron chi connectivity index (χ4n) is 1.71. The minimum Gasteiger partial charge on any atom is -0.481 e. The van der Waals surface area contributed by atoms with E-state index < -0.39 is 11.5 Å². The topological polar surface area (TPSA) is 78.4 Å². The zero-order chi connectivity index (χ0) is 15.3. The standard InChI is InChI=1S/C14H19IN2O3/c1-9-8-10(15)4-5-11(9)16-13(20)17-14(2,3)7-6-12(18)19/h4-5,8H,6-7H2,1-3H3,(H,18,19)(H2,16,17,20). The number of urea groups is 1. The quantitative estimate of drug-likeness (QED) is 0.675. The van der Waals surface area contributed by atoms with E-state index in [-0.39, 0.29) is 12.5 Å². The molecule has 0 fully saturated rings. The summed E-state index contributed by atoms with van der Waals surface area (Å²) in [6.45, 7) is 5.53. The predicted octanol–water partition coefficient (Wildman–Crippen LogP) is 3.36. The lowest BCUT2D eigenvalue weighted by Crippen LogP contribution is -2.45. The van der Waals surface area contributed by atoms with Crippen LogP contribution in [0.15, 0.2) is 18.2 Å². The number of benzene rings is 1. The van der Waals surface area contributed by atoms with E-state index in [1.807, 2.05) is 25.1 Å². The fourth-order valence-corrected chi connectivity index (χ4v) is 2.36. The number of halogens is 1. The molecular formula is C14H19IN2O3. The zero-order valence-electron chi connectivity index (χ0n) is 11.8. The van der Waals surface area contributed by atoms with Crippen molar-refractivity contribution in [2.45, 2.75) is 39.2 Å². The number of amides is 2. The molecule has 0 aliphatic carbocycles. The minimum absolute atomic E-state index is 0.0237. The Morgan fingerprint density at radius 3 is 2.55 bits per heavy atom. The Kier molecular flexibility index (Phi) is 5.79. The van der Waals surface area contributed by atoms with Crippen LogP contribution in [0, 0.1) is 10.5 Å². The van der Waals surface area contributed by atoms with E-state index in [1.54, 1.807) is 13.8 Å². The van der Waals surface area contributed by atoms with Gasteiger partial charge >= 0.3 is 12.0 Å². The Labute approximate surface area is 132 Å². The van der Waals surface area contributed by atoms with E-state index in [0.717, 1.165) is 14.8 Å². The molecule has 2 amide bonds. The van der Waals surface area contributed by atoms with Crippen LogP contribution in [-0.4, -0.2) is 22.6 Å². The number of aryl methyl sites for hydroxylation is 1. The number of carbonyl (C=O) groups excluding carboxylic acids is 1. The van der Waals surface area contributed by atoms with Gasteiger partial charge in [0.1, 0.15) is 0 Å². The van der Waals surface area contributed by atoms with Gasteiger partial charge in [-0.25, -0.2) is 4.79 Å². The summed E-state index contributed by atoms with van der Waals surface area (Å²) >= 11 is 2.21. The molecule has 0 atom stereocenters. The first-order valence-electron chi connectivity index (χ1n) is 6.27. The number of rotatable bonds is 5. The van der Waals surface area contributed by atoms with Crippen molar-refractivity contribution in [3.05, 3.63) is 27.3 Å². The van der Waals surface area contributed by atoms with Crippen molar-refractivity contribution in [1.82, 2.24) is 5.32 Å². The second-order valence-corrected chi connectivity index (χ2v) is 6.56. The number of carboxylic acids is 1. The molecule has 20 heavy (non-hydrogen) atoms. The maximum absolute atomic E-state index is 11.9. The van der Waals surface area contributed by atoms with Crippen molar-refractivity contribution in [3.8, 4) is 0 Å². The van der Waals surface area contributed by atoms with Crippen molar-refractivity contribution in [1.29, 1.82) is 0 Å². The third-order valence-electron chi connectivity index (χ3n) is 2.85. The van der Waals surface area contributed by atoms with Crippen LogP contribution in [0.25, 0.3) is 0 Å². The average Bonchev–Trinajstić information content (AvgIpc) is 2.30. The number of carbonyl (C=O) groups is 2. The van der Waals surface area contributed by atoms with Crippen LogP contribution < -0.4 is 10.6 Å². The van der Waals surface area contributed by atoms with Crippen LogP contribution in [0.3, 0.4) is 0 Å². The SMILES string of the molecule is Cc1cc(I)ccc1NC(=O)NC(C)(C)CCC(=O)O. The van der Waals surface area contributed by atoms with Crippen molar-refractivity contribution in [3.63, 3.8) is 0 Å². The average molecular weight is 390 g/mol. The van der Waals surface area contributed by atoms with Gasteiger partial charge in [0.2, 0.25) is 0 Å². The van der Waals surface area contributed by atoms with Crippen molar-refractivity contribution >= 4 is 40.3 Å². The molecule has 1 aromatic carbocycles. The number of hydrogen-bond donors (Lipinski definition) is 3. The molecule has 0 aliphatic heterocycles. The summed E-state index contributed by atoms with van der Waals surface area (Å²) in [7, 11) is 0. The van der Waals surface area contributed by atoms with E-state index in [4.69, 9.17) is 5.11 Å². The lowest BCUT2D eigenvalue weighted by Gasteiger charge is -2.26. The molecule has 1 aromatic rings. The minimum atomic E-state index is -0.867. The molecule has 0 radical (unpaired) electrons. The third-order valence-corrected chi connectivity index (χ3v) is 3.52. The molecule has 0 heterocycles. The summed E-state index contributed by atoms with van der Waals surface area (Å²) in [4.78, 5) is 22.5. The lowest BCUT2D eigenvalue weighted by atomic mass is 9.99. The highest BCUT2D eigenvalue weighted by Crippen LogP contribution is 2.18. The van der Waals surface area contributed by atoms with Gasteiger partial charge in [-0.05, 0) is 73.5 Å². The summed E-state index contributed by atoms with van der Waals surface area (Å²) in [5.74, 6) is -0.867. The van der Waals surface area contributed by atoms with Gasteiger partial charge in [-0.1, -0.05) is 0 Å². The van der Waals surface area contributed by atoms with Gasteiger partial charge in [-0.2, -0.15) is 0 Å². The maximum Gasteiger partial charge on any atom is 0.319 e. The number of hydrogen-bond acceptors (Lipinski definition) is 2. The maximum atomic E-state index is 11.9. The summed E-state index contributed by atoms with van der Waals surface area (Å²) in [6, 6.07) is 5.41. The lowest BCUT2D eigenvalue weighted by molar-refractivity contribution is -0.137. The first-order valence-corrected chi connectivity index (χ1v) is 7.34. The van der Waals surface area contributed by atoms with Crippen molar-refractivity contribution in [2.24, 2.45) is 0 Å². The van der Waals surface area contributed by atoms with Crippen LogP contribution in [0.2, 0.25) is 0 Å². The summed E-state index contributed by atoms with van der Waals surface area (Å²) in [5, 5.41) is 14.2. The van der Waals surface area contributed by atoms with Gasteiger partial charge in [0.15, 0.2) is 0 Å². The molecule has 6 heteroatoms. The van der Waals surface area contributed by atoms with Crippen LogP contribution >= 0.6 is 22.6 Å². The van der Waals surface area contributed by atoms with Gasteiger partial charge in [0, 0.05) is 21.2 Å². The van der Waals surface area contributed by atoms with E-state index >= 15 is 0 Å². The van der Waals surface area contributed by atoms with E-state index in [1.165, 1.54) is 0 Å². The highest BCUT2D eigenvalue weighted by molar-refractivity contribution is 14.1. The number of nitrogens with one attached hydrogen (secondary N) is 2. The highest BCUT2D eigenvalue weighted by Gasteiger charge is 2.21. The Morgan fingerprint density at radius 2 is 2.00 bits per heavy atom. The Balaban J connectivity index is 2.60. The highest BCUT2D eigenvalue weighted by atomic mass is 127. The molecule has 0 spiro atoms. The summed E-state index contributed by atoms with van der Waals surface area (Å²) in [6.07, 6.45) is 0.400. The molecule has 5 nitrogen and oxygen atoms in total. The molecular weight excluding hydrogens is 371 g/mol. The molecule has 3 N–H and O–H groups in total. The first kappa shape index (κ1) is 16.7. The molecule has 0 bridgehead atoms. The number of aliphatic carboxylic acids is 1. The first-order chi connectivity index (χ1) is 9.19. The zero-order valence-corrected chi connectivity index (χ0v) is 13.9. The predicted molar refractivity (Wildman–Crippen MR) is 87.0 cm³/mol. The van der Waals surface area contributed by atoms with Crippen LogP contribution in [-0.2, 0) is 4.79 Å². The van der Waals surface area contributed by atoms with Crippen molar-refractivity contribution in [2.75, 3.05) is 5.32 Å². The molecule has 0 unspecified atom stereocenters. The Bertz CT molecular complexity index is 515. The van der Waals surface area contributed by atoms with Gasteiger partial charge < -0.3 is 15.7 Å². The summed E-state index contributed by atoms with van der Waals surface area (Å²) in [5.41, 5.74) is 1.16. The molecule has 0 saturated heterocycles. The van der Waals surface area contributed by atoms with Crippen LogP contribution in [0.4, 0.5) is 10.5 Å². The normalized spacial score (nSPS) is 11.0. The molecule has 0 aliphatic rings. The summed E-state index contributed by atoms with van der Waals surface area (Å²) < 4.78 is 1.10. The van der Waals surface area contributed by atoms with Crippen LogP contribution in [0.1, 0.15) is 32.3 Å². The van der Waals surface area contributed by atoms with Crippen molar-refractivity contribution < 1.29 is 14.7 Å². The molecule has 0 saturated carbocycles. The van der Waals surface area contributed by atoms with E-state index in [2.05, 4.69) is 33.2 Å². The van der Waals surface area contributed by atoms with E-state index in [9.17, 15) is 9.59 Å². The van der Waals surface area contributed by atoms with Gasteiger partial charge in [0.25, 0.3) is 0 Å². The fraction of sp³-hybridized carbons (Fsp3) is 0.429. The second kappa shape index (κ2) is 6.92. The third kappa shape index (κ3) is 5.77. The van der Waals surface area contributed by atoms with E-state index in [0.29, 0.717) is 6.42 Å².